The minimum absolute atomic E-state index is 0.164. The average molecular weight is 371 g/mol. The lowest BCUT2D eigenvalue weighted by molar-refractivity contribution is 0.0698. The molecule has 7 heteroatoms. The van der Waals surface area contributed by atoms with Crippen molar-refractivity contribution in [1.29, 1.82) is 0 Å². The van der Waals surface area contributed by atoms with Gasteiger partial charge in [0.05, 0.1) is 17.3 Å². The molecule has 0 radical (unpaired) electrons. The highest BCUT2D eigenvalue weighted by atomic mass is 19.1. The quantitative estimate of drug-likeness (QED) is 0.753. The summed E-state index contributed by atoms with van der Waals surface area (Å²) in [5.74, 6) is -1.40. The molecule has 2 aromatic heterocycles. The molecule has 2 atom stereocenters. The fourth-order valence-corrected chi connectivity index (χ4v) is 3.84. The van der Waals surface area contributed by atoms with E-state index in [1.807, 2.05) is 11.8 Å². The van der Waals surface area contributed by atoms with Gasteiger partial charge < -0.3 is 10.0 Å². The largest absolute Gasteiger partial charge is 0.478 e. The van der Waals surface area contributed by atoms with Crippen LogP contribution in [-0.2, 0) is 6.42 Å². The van der Waals surface area contributed by atoms with Crippen LogP contribution in [0.5, 0.6) is 0 Å². The number of aromatic nitrogens is 2. The van der Waals surface area contributed by atoms with Crippen LogP contribution in [0.1, 0.15) is 41.0 Å². The summed E-state index contributed by atoms with van der Waals surface area (Å²) in [7, 11) is 0. The van der Waals surface area contributed by atoms with E-state index in [4.69, 9.17) is 0 Å². The van der Waals surface area contributed by atoms with Gasteiger partial charge in [0.25, 0.3) is 0 Å². The van der Waals surface area contributed by atoms with Crippen LogP contribution in [0.15, 0.2) is 42.6 Å². The molecule has 0 unspecified atom stereocenters. The van der Waals surface area contributed by atoms with E-state index in [-0.39, 0.29) is 30.4 Å². The third-order valence-corrected chi connectivity index (χ3v) is 5.05. The Balaban J connectivity index is 1.80. The third kappa shape index (κ3) is 3.03. The Labute approximate surface area is 154 Å². The number of carbonyl (C=O) groups is 1. The number of anilines is 1. The summed E-state index contributed by atoms with van der Waals surface area (Å²) >= 11 is 0. The second-order valence-electron chi connectivity index (χ2n) is 6.75. The molecular weight excluding hydrogens is 352 g/mol. The Morgan fingerprint density at radius 1 is 1.33 bits per heavy atom. The molecule has 0 spiro atoms. The molecule has 4 rings (SSSR count). The smallest absolute Gasteiger partial charge is 0.339 e. The van der Waals surface area contributed by atoms with Crippen molar-refractivity contribution in [2.45, 2.75) is 32.0 Å². The van der Waals surface area contributed by atoms with Gasteiger partial charge in [-0.1, -0.05) is 19.1 Å². The first kappa shape index (κ1) is 17.5. The average Bonchev–Trinajstić information content (AvgIpc) is 3.21. The lowest BCUT2D eigenvalue weighted by Crippen LogP contribution is -2.23. The molecule has 3 heterocycles. The zero-order valence-electron chi connectivity index (χ0n) is 14.8. The van der Waals surface area contributed by atoms with E-state index in [2.05, 4.69) is 5.10 Å². The highest BCUT2D eigenvalue weighted by Crippen LogP contribution is 2.38. The second-order valence-corrected chi connectivity index (χ2v) is 6.75. The number of carboxylic acid groups (broad SMARTS) is 1. The number of hydrogen-bond donors (Lipinski definition) is 1. The van der Waals surface area contributed by atoms with Gasteiger partial charge in [-0.2, -0.15) is 5.10 Å². The van der Waals surface area contributed by atoms with Crippen LogP contribution in [0.4, 0.5) is 14.5 Å². The van der Waals surface area contributed by atoms with Gasteiger partial charge in [0, 0.05) is 24.8 Å². The van der Waals surface area contributed by atoms with Crippen molar-refractivity contribution in [3.05, 3.63) is 65.2 Å². The van der Waals surface area contributed by atoms with Gasteiger partial charge >= 0.3 is 5.97 Å². The number of benzene rings is 1. The van der Waals surface area contributed by atoms with Crippen molar-refractivity contribution in [3.8, 4) is 0 Å². The van der Waals surface area contributed by atoms with E-state index in [0.717, 1.165) is 0 Å². The number of aromatic carboxylic acids is 1. The lowest BCUT2D eigenvalue weighted by Gasteiger charge is -2.27. The van der Waals surface area contributed by atoms with E-state index in [1.165, 1.54) is 16.6 Å². The number of aryl methyl sites for hydroxylation is 1. The zero-order chi connectivity index (χ0) is 19.1. The van der Waals surface area contributed by atoms with Gasteiger partial charge in [0.15, 0.2) is 0 Å². The second kappa shape index (κ2) is 6.64. The molecule has 1 fully saturated rings. The van der Waals surface area contributed by atoms with Gasteiger partial charge in [0.1, 0.15) is 17.6 Å². The minimum atomic E-state index is -1.04. The molecule has 0 aliphatic carbocycles. The number of halogens is 2. The minimum Gasteiger partial charge on any atom is -0.478 e. The molecule has 1 aromatic carbocycles. The van der Waals surface area contributed by atoms with Crippen LogP contribution in [0.25, 0.3) is 5.52 Å². The highest BCUT2D eigenvalue weighted by molar-refractivity contribution is 5.97. The van der Waals surface area contributed by atoms with E-state index >= 15 is 0 Å². The fourth-order valence-electron chi connectivity index (χ4n) is 3.84. The van der Waals surface area contributed by atoms with Crippen LogP contribution < -0.4 is 4.90 Å². The Morgan fingerprint density at radius 2 is 2.15 bits per heavy atom. The van der Waals surface area contributed by atoms with Crippen molar-refractivity contribution < 1.29 is 18.7 Å². The number of pyridine rings is 1. The summed E-state index contributed by atoms with van der Waals surface area (Å²) in [5.41, 5.74) is 2.54. The van der Waals surface area contributed by atoms with E-state index in [0.29, 0.717) is 28.9 Å². The summed E-state index contributed by atoms with van der Waals surface area (Å²) in [6.07, 6.45) is 1.41. The van der Waals surface area contributed by atoms with Crippen molar-refractivity contribution in [2.75, 3.05) is 11.4 Å². The Hall–Kier alpha value is -2.96. The fraction of sp³-hybridized carbons (Fsp3) is 0.300. The molecule has 0 bridgehead atoms. The first-order valence-corrected chi connectivity index (χ1v) is 8.88. The maximum Gasteiger partial charge on any atom is 0.339 e. The Morgan fingerprint density at radius 3 is 2.85 bits per heavy atom. The predicted octanol–water partition coefficient (Wildman–Crippen LogP) is 4.02. The predicted molar refractivity (Wildman–Crippen MR) is 97.5 cm³/mol. The van der Waals surface area contributed by atoms with Crippen molar-refractivity contribution in [2.24, 2.45) is 0 Å². The maximum absolute atomic E-state index is 14.2. The number of rotatable bonds is 4. The lowest BCUT2D eigenvalue weighted by atomic mass is 10.0. The zero-order valence-corrected chi connectivity index (χ0v) is 14.8. The van der Waals surface area contributed by atoms with Gasteiger partial charge in [-0.3, -0.25) is 0 Å². The molecule has 0 amide bonds. The monoisotopic (exact) mass is 371 g/mol. The highest BCUT2D eigenvalue weighted by Gasteiger charge is 2.34. The standard InChI is InChI=1S/C20H19F2N3O2/c1-2-16-19(20(26)27)18-10-15(6-7-25(18)23-16)24-11-14(22)9-17(24)12-4-3-5-13(21)8-12/h3-8,10,14,17H,2,9,11H2,1H3,(H,26,27)/t14-,17+/m0/s1. The molecule has 5 nitrogen and oxygen atoms in total. The van der Waals surface area contributed by atoms with Crippen LogP contribution in [-0.4, -0.2) is 33.4 Å². The van der Waals surface area contributed by atoms with Gasteiger partial charge in [-0.05, 0) is 36.2 Å². The molecule has 27 heavy (non-hydrogen) atoms. The molecule has 0 saturated carbocycles. The van der Waals surface area contributed by atoms with Crippen molar-refractivity contribution in [3.63, 3.8) is 0 Å². The molecule has 3 aromatic rings. The first-order chi connectivity index (χ1) is 13.0. The normalized spacial score (nSPS) is 19.7. The number of carboxylic acids is 1. The Kier molecular flexibility index (Phi) is 4.30. The number of nitrogens with zero attached hydrogens (tertiary/aromatic N) is 3. The molecular formula is C20H19F2N3O2. The molecule has 140 valence electrons. The summed E-state index contributed by atoms with van der Waals surface area (Å²) in [5, 5.41) is 13.9. The van der Waals surface area contributed by atoms with Gasteiger partial charge in [0.2, 0.25) is 0 Å². The maximum atomic E-state index is 14.2. The van der Waals surface area contributed by atoms with Gasteiger partial charge in [-0.25, -0.2) is 18.1 Å². The van der Waals surface area contributed by atoms with Crippen LogP contribution in [0.3, 0.4) is 0 Å². The molecule has 1 saturated heterocycles. The summed E-state index contributed by atoms with van der Waals surface area (Å²) in [6, 6.07) is 9.39. The summed E-state index contributed by atoms with van der Waals surface area (Å²) in [4.78, 5) is 13.6. The molecule has 1 aliphatic rings. The van der Waals surface area contributed by atoms with E-state index in [9.17, 15) is 18.7 Å². The van der Waals surface area contributed by atoms with Crippen LogP contribution >= 0.6 is 0 Å². The van der Waals surface area contributed by atoms with Crippen molar-refractivity contribution >= 4 is 17.2 Å². The number of fused-ring (bicyclic) bond motifs is 1. The SMILES string of the molecule is CCc1nn2ccc(N3C[C@@H](F)C[C@@H]3c3cccc(F)c3)cc2c1C(=O)O. The molecule has 1 aliphatic heterocycles. The first-order valence-electron chi connectivity index (χ1n) is 8.88. The van der Waals surface area contributed by atoms with E-state index in [1.54, 1.807) is 30.5 Å². The number of hydrogen-bond acceptors (Lipinski definition) is 3. The number of alkyl halides is 1. The van der Waals surface area contributed by atoms with E-state index < -0.39 is 12.1 Å². The van der Waals surface area contributed by atoms with Crippen molar-refractivity contribution in [1.82, 2.24) is 9.61 Å². The summed E-state index contributed by atoms with van der Waals surface area (Å²) in [6.45, 7) is 2.03. The third-order valence-electron chi connectivity index (χ3n) is 5.05. The van der Waals surface area contributed by atoms with Crippen LogP contribution in [0.2, 0.25) is 0 Å². The van der Waals surface area contributed by atoms with Gasteiger partial charge in [-0.15, -0.1) is 0 Å². The van der Waals surface area contributed by atoms with Crippen LogP contribution in [0, 0.1) is 5.82 Å². The topological polar surface area (TPSA) is 57.8 Å². The molecule has 1 N–H and O–H groups in total. The summed E-state index contributed by atoms with van der Waals surface area (Å²) < 4.78 is 29.4. The Bertz CT molecular complexity index is 1020.